The molecule has 0 radical (unpaired) electrons. The van der Waals surface area contributed by atoms with Gasteiger partial charge in [0.1, 0.15) is 0 Å². The first-order chi connectivity index (χ1) is 7.39. The van der Waals surface area contributed by atoms with Crippen LogP contribution in [0, 0.1) is 5.92 Å². The van der Waals surface area contributed by atoms with Crippen LogP contribution in [-0.2, 0) is 0 Å². The summed E-state index contributed by atoms with van der Waals surface area (Å²) < 4.78 is 37.9. The summed E-state index contributed by atoms with van der Waals surface area (Å²) in [5.74, 6) is -0.0438. The van der Waals surface area contributed by atoms with E-state index >= 15 is 0 Å². The molecule has 1 fully saturated rings. The Hall–Kier alpha value is -0.290. The van der Waals surface area contributed by atoms with Crippen LogP contribution in [-0.4, -0.2) is 23.4 Å². The number of halogens is 3. The molecule has 1 aliphatic carbocycles. The second kappa shape index (κ2) is 5.36. The van der Waals surface area contributed by atoms with Crippen molar-refractivity contribution in [3.8, 4) is 0 Å². The summed E-state index contributed by atoms with van der Waals surface area (Å²) in [7, 11) is 0. The molecule has 0 aromatic heterocycles. The van der Waals surface area contributed by atoms with Crippen LogP contribution >= 0.6 is 0 Å². The number of hydrogen-bond donors (Lipinski definition) is 2. The Bertz CT molecular complexity index is 212. The second-order valence-electron chi connectivity index (χ2n) is 4.80. The van der Waals surface area contributed by atoms with E-state index in [4.69, 9.17) is 5.73 Å². The summed E-state index contributed by atoms with van der Waals surface area (Å²) in [6.07, 6.45) is 0.789. The van der Waals surface area contributed by atoms with Gasteiger partial charge in [-0.05, 0) is 12.3 Å². The number of alkyl halides is 3. The van der Waals surface area contributed by atoms with Crippen molar-refractivity contribution in [2.45, 2.75) is 56.7 Å². The van der Waals surface area contributed by atoms with Gasteiger partial charge in [0, 0.05) is 6.54 Å². The van der Waals surface area contributed by atoms with Crippen molar-refractivity contribution in [2.75, 3.05) is 6.54 Å². The molecule has 1 saturated carbocycles. The lowest BCUT2D eigenvalue weighted by atomic mass is 9.85. The number of aliphatic hydroxyl groups is 1. The molecule has 1 aliphatic rings. The quantitative estimate of drug-likeness (QED) is 0.744. The molecular weight excluding hydrogens is 219 g/mol. The summed E-state index contributed by atoms with van der Waals surface area (Å²) in [5.41, 5.74) is 2.39. The molecular formula is C11H20F3NO. The lowest BCUT2D eigenvalue weighted by Crippen LogP contribution is -2.52. The monoisotopic (exact) mass is 239 g/mol. The minimum absolute atomic E-state index is 0.0438. The molecule has 2 nitrogen and oxygen atoms in total. The molecule has 0 heterocycles. The summed E-state index contributed by atoms with van der Waals surface area (Å²) in [4.78, 5) is 0. The summed E-state index contributed by atoms with van der Waals surface area (Å²) >= 11 is 0. The summed E-state index contributed by atoms with van der Waals surface area (Å²) in [5, 5.41) is 9.55. The minimum atomic E-state index is -4.62. The van der Waals surface area contributed by atoms with Crippen LogP contribution in [0.25, 0.3) is 0 Å². The SMILES string of the molecule is NCC(O)(CC1CCCCCC1)C(F)(F)F. The summed E-state index contributed by atoms with van der Waals surface area (Å²) in [6.45, 7) is -0.743. The highest BCUT2D eigenvalue weighted by Gasteiger charge is 2.53. The van der Waals surface area contributed by atoms with Gasteiger partial charge < -0.3 is 10.8 Å². The largest absolute Gasteiger partial charge is 0.418 e. The molecule has 1 unspecified atom stereocenters. The maximum Gasteiger partial charge on any atom is 0.418 e. The Kier molecular flexibility index (Phi) is 4.62. The van der Waals surface area contributed by atoms with Crippen LogP contribution in [0.2, 0.25) is 0 Å². The molecule has 1 rings (SSSR count). The van der Waals surface area contributed by atoms with Gasteiger partial charge in [-0.25, -0.2) is 0 Å². The molecule has 0 aliphatic heterocycles. The van der Waals surface area contributed by atoms with Gasteiger partial charge in [-0.1, -0.05) is 38.5 Å². The van der Waals surface area contributed by atoms with Crippen molar-refractivity contribution in [1.82, 2.24) is 0 Å². The maximum absolute atomic E-state index is 12.6. The average Bonchev–Trinajstić information content (AvgIpc) is 2.44. The van der Waals surface area contributed by atoms with Crippen LogP contribution in [0.3, 0.4) is 0 Å². The molecule has 0 aromatic rings. The molecule has 3 N–H and O–H groups in total. The minimum Gasteiger partial charge on any atom is -0.379 e. The van der Waals surface area contributed by atoms with Gasteiger partial charge >= 0.3 is 6.18 Å². The van der Waals surface area contributed by atoms with Crippen molar-refractivity contribution in [3.63, 3.8) is 0 Å². The predicted octanol–water partition coefficient (Wildman–Crippen LogP) is 2.60. The van der Waals surface area contributed by atoms with Crippen LogP contribution in [0.5, 0.6) is 0 Å². The third-order valence-electron chi connectivity index (χ3n) is 3.47. The van der Waals surface area contributed by atoms with Gasteiger partial charge in [0.2, 0.25) is 0 Å². The van der Waals surface area contributed by atoms with E-state index < -0.39 is 18.3 Å². The van der Waals surface area contributed by atoms with E-state index in [1.165, 1.54) is 0 Å². The first-order valence-corrected chi connectivity index (χ1v) is 5.88. The third kappa shape index (κ3) is 3.35. The molecule has 0 bridgehead atoms. The predicted molar refractivity (Wildman–Crippen MR) is 55.9 cm³/mol. The van der Waals surface area contributed by atoms with Crippen molar-refractivity contribution in [2.24, 2.45) is 11.7 Å². The van der Waals surface area contributed by atoms with Crippen LogP contribution in [0.4, 0.5) is 13.2 Å². The highest BCUT2D eigenvalue weighted by molar-refractivity contribution is 4.90. The molecule has 0 spiro atoms. The second-order valence-corrected chi connectivity index (χ2v) is 4.80. The van der Waals surface area contributed by atoms with Crippen molar-refractivity contribution in [1.29, 1.82) is 0 Å². The zero-order valence-corrected chi connectivity index (χ0v) is 9.39. The number of hydrogen-bond acceptors (Lipinski definition) is 2. The van der Waals surface area contributed by atoms with Crippen molar-refractivity contribution in [3.05, 3.63) is 0 Å². The fraction of sp³-hybridized carbons (Fsp3) is 1.00. The Balaban J connectivity index is 2.61. The summed E-state index contributed by atoms with van der Waals surface area (Å²) in [6, 6.07) is 0. The van der Waals surface area contributed by atoms with Gasteiger partial charge in [0.25, 0.3) is 0 Å². The molecule has 16 heavy (non-hydrogen) atoms. The van der Waals surface area contributed by atoms with Crippen LogP contribution < -0.4 is 5.73 Å². The van der Waals surface area contributed by atoms with E-state index in [1.807, 2.05) is 0 Å². The zero-order chi connectivity index (χ0) is 12.2. The van der Waals surface area contributed by atoms with E-state index in [2.05, 4.69) is 0 Å². The standard InChI is InChI=1S/C11H20F3NO/c12-11(13,14)10(16,8-15)7-9-5-3-1-2-4-6-9/h9,16H,1-8,15H2. The highest BCUT2D eigenvalue weighted by Crippen LogP contribution is 2.38. The molecule has 1 atom stereocenters. The van der Waals surface area contributed by atoms with Crippen molar-refractivity contribution >= 4 is 0 Å². The van der Waals surface area contributed by atoms with Crippen molar-refractivity contribution < 1.29 is 18.3 Å². The fourth-order valence-corrected chi connectivity index (χ4v) is 2.36. The molecule has 0 amide bonds. The Labute approximate surface area is 94.0 Å². The van der Waals surface area contributed by atoms with E-state index in [0.717, 1.165) is 38.5 Å². The van der Waals surface area contributed by atoms with E-state index in [1.54, 1.807) is 0 Å². The first kappa shape index (κ1) is 13.8. The Morgan fingerprint density at radius 1 is 1.06 bits per heavy atom. The van der Waals surface area contributed by atoms with Gasteiger partial charge in [-0.3, -0.25) is 0 Å². The Morgan fingerprint density at radius 2 is 1.56 bits per heavy atom. The van der Waals surface area contributed by atoms with Gasteiger partial charge in [0.15, 0.2) is 5.60 Å². The maximum atomic E-state index is 12.6. The highest BCUT2D eigenvalue weighted by atomic mass is 19.4. The first-order valence-electron chi connectivity index (χ1n) is 5.88. The lowest BCUT2D eigenvalue weighted by Gasteiger charge is -2.32. The fourth-order valence-electron chi connectivity index (χ4n) is 2.36. The van der Waals surface area contributed by atoms with E-state index in [9.17, 15) is 18.3 Å². The topological polar surface area (TPSA) is 46.2 Å². The lowest BCUT2D eigenvalue weighted by molar-refractivity contribution is -0.261. The van der Waals surface area contributed by atoms with Gasteiger partial charge in [0.05, 0.1) is 0 Å². The van der Waals surface area contributed by atoms with E-state index in [-0.39, 0.29) is 12.3 Å². The number of nitrogens with two attached hydrogens (primary N) is 1. The van der Waals surface area contributed by atoms with Gasteiger partial charge in [-0.2, -0.15) is 13.2 Å². The zero-order valence-electron chi connectivity index (χ0n) is 9.39. The Morgan fingerprint density at radius 3 is 1.94 bits per heavy atom. The molecule has 0 saturated heterocycles. The molecule has 5 heteroatoms. The van der Waals surface area contributed by atoms with E-state index in [0.29, 0.717) is 0 Å². The smallest absolute Gasteiger partial charge is 0.379 e. The van der Waals surface area contributed by atoms with Crippen LogP contribution in [0.1, 0.15) is 44.9 Å². The molecule has 96 valence electrons. The van der Waals surface area contributed by atoms with Crippen LogP contribution in [0.15, 0.2) is 0 Å². The normalized spacial score (nSPS) is 23.8. The average molecular weight is 239 g/mol. The van der Waals surface area contributed by atoms with Gasteiger partial charge in [-0.15, -0.1) is 0 Å². The molecule has 0 aromatic carbocycles. The third-order valence-corrected chi connectivity index (χ3v) is 3.47. The number of rotatable bonds is 3.